The molecule has 2 aromatic carbocycles. The van der Waals surface area contributed by atoms with E-state index in [1.807, 2.05) is 37.3 Å². The van der Waals surface area contributed by atoms with Crippen molar-refractivity contribution in [2.24, 2.45) is 0 Å². The minimum atomic E-state index is -0.0664. The first-order chi connectivity index (χ1) is 10.9. The van der Waals surface area contributed by atoms with Crippen molar-refractivity contribution in [2.45, 2.75) is 33.2 Å². The SMILES string of the molecule is Cc1ccc(OC[C@H](C)NC(=O)Cc2cccc(Cl)c2)cc1C. The van der Waals surface area contributed by atoms with Crippen LogP contribution < -0.4 is 10.1 Å². The number of benzene rings is 2. The molecule has 0 aromatic heterocycles. The third kappa shape index (κ3) is 5.61. The highest BCUT2D eigenvalue weighted by Gasteiger charge is 2.09. The summed E-state index contributed by atoms with van der Waals surface area (Å²) in [6.07, 6.45) is 0.314. The Bertz CT molecular complexity index is 685. The number of hydrogen-bond donors (Lipinski definition) is 1. The van der Waals surface area contributed by atoms with E-state index in [2.05, 4.69) is 19.2 Å². The topological polar surface area (TPSA) is 38.3 Å². The summed E-state index contributed by atoms with van der Waals surface area (Å²) in [5.74, 6) is 0.785. The highest BCUT2D eigenvalue weighted by Crippen LogP contribution is 2.16. The molecule has 0 aliphatic rings. The molecule has 23 heavy (non-hydrogen) atoms. The number of amides is 1. The fraction of sp³-hybridized carbons (Fsp3) is 0.316. The zero-order valence-electron chi connectivity index (χ0n) is 13.7. The molecular weight excluding hydrogens is 310 g/mol. The van der Waals surface area contributed by atoms with Gasteiger partial charge in [-0.15, -0.1) is 0 Å². The lowest BCUT2D eigenvalue weighted by atomic mass is 10.1. The summed E-state index contributed by atoms with van der Waals surface area (Å²) in [6.45, 7) is 6.48. The van der Waals surface area contributed by atoms with Crippen molar-refractivity contribution in [3.8, 4) is 5.75 Å². The van der Waals surface area contributed by atoms with E-state index < -0.39 is 0 Å². The van der Waals surface area contributed by atoms with E-state index in [9.17, 15) is 4.79 Å². The Morgan fingerprint density at radius 2 is 1.96 bits per heavy atom. The van der Waals surface area contributed by atoms with Crippen molar-refractivity contribution in [1.82, 2.24) is 5.32 Å². The summed E-state index contributed by atoms with van der Waals surface area (Å²) >= 11 is 5.92. The molecule has 0 radical (unpaired) electrons. The Morgan fingerprint density at radius 1 is 1.17 bits per heavy atom. The molecule has 0 saturated carbocycles. The molecule has 0 spiro atoms. The predicted molar refractivity (Wildman–Crippen MR) is 94.2 cm³/mol. The van der Waals surface area contributed by atoms with Crippen LogP contribution in [0.15, 0.2) is 42.5 Å². The largest absolute Gasteiger partial charge is 0.491 e. The van der Waals surface area contributed by atoms with Crippen LogP contribution in [0.1, 0.15) is 23.6 Å². The van der Waals surface area contributed by atoms with Gasteiger partial charge in [0.15, 0.2) is 0 Å². The molecule has 1 amide bonds. The van der Waals surface area contributed by atoms with E-state index in [1.165, 1.54) is 11.1 Å². The molecule has 0 heterocycles. The molecule has 0 aliphatic carbocycles. The zero-order valence-corrected chi connectivity index (χ0v) is 14.5. The molecule has 0 bridgehead atoms. The molecule has 2 aromatic rings. The van der Waals surface area contributed by atoms with Crippen LogP contribution in [0.5, 0.6) is 5.75 Å². The predicted octanol–water partition coefficient (Wildman–Crippen LogP) is 4.08. The van der Waals surface area contributed by atoms with Crippen LogP contribution >= 0.6 is 11.6 Å². The number of nitrogens with one attached hydrogen (secondary N) is 1. The summed E-state index contributed by atoms with van der Waals surface area (Å²) in [5.41, 5.74) is 3.33. The molecule has 0 unspecified atom stereocenters. The van der Waals surface area contributed by atoms with Crippen LogP contribution in [0, 0.1) is 13.8 Å². The first-order valence-corrected chi connectivity index (χ1v) is 8.05. The van der Waals surface area contributed by atoms with Gasteiger partial charge in [0.25, 0.3) is 0 Å². The van der Waals surface area contributed by atoms with Crippen molar-refractivity contribution >= 4 is 17.5 Å². The maximum atomic E-state index is 12.0. The standard InChI is InChI=1S/C19H22ClNO2/c1-13-7-8-18(9-14(13)2)23-12-15(3)21-19(22)11-16-5-4-6-17(20)10-16/h4-10,15H,11-12H2,1-3H3,(H,21,22)/t15-/m0/s1. The van der Waals surface area contributed by atoms with Gasteiger partial charge in [0.05, 0.1) is 12.5 Å². The fourth-order valence-corrected chi connectivity index (χ4v) is 2.44. The molecule has 2 rings (SSSR count). The lowest BCUT2D eigenvalue weighted by Gasteiger charge is -2.16. The Kier molecular flexibility index (Phi) is 6.05. The van der Waals surface area contributed by atoms with Gasteiger partial charge in [-0.25, -0.2) is 0 Å². The van der Waals surface area contributed by atoms with Crippen molar-refractivity contribution in [2.75, 3.05) is 6.61 Å². The van der Waals surface area contributed by atoms with Gasteiger partial charge in [-0.1, -0.05) is 29.8 Å². The van der Waals surface area contributed by atoms with E-state index in [1.54, 1.807) is 12.1 Å². The van der Waals surface area contributed by atoms with Crippen molar-refractivity contribution < 1.29 is 9.53 Å². The number of rotatable bonds is 6. The van der Waals surface area contributed by atoms with Crippen LogP contribution in [0.4, 0.5) is 0 Å². The Balaban J connectivity index is 1.80. The van der Waals surface area contributed by atoms with Gasteiger partial charge in [0.2, 0.25) is 5.91 Å². The molecule has 4 heteroatoms. The number of halogens is 1. The maximum Gasteiger partial charge on any atom is 0.224 e. The van der Waals surface area contributed by atoms with Crippen LogP contribution in [0.3, 0.4) is 0 Å². The molecule has 0 saturated heterocycles. The van der Waals surface area contributed by atoms with Gasteiger partial charge in [0.1, 0.15) is 12.4 Å². The van der Waals surface area contributed by atoms with Gasteiger partial charge in [-0.05, 0) is 61.7 Å². The van der Waals surface area contributed by atoms with Crippen LogP contribution in [-0.2, 0) is 11.2 Å². The first-order valence-electron chi connectivity index (χ1n) is 7.68. The maximum absolute atomic E-state index is 12.0. The molecule has 1 N–H and O–H groups in total. The quantitative estimate of drug-likeness (QED) is 0.866. The molecule has 122 valence electrons. The van der Waals surface area contributed by atoms with E-state index in [4.69, 9.17) is 16.3 Å². The Labute approximate surface area is 142 Å². The summed E-state index contributed by atoms with van der Waals surface area (Å²) in [6, 6.07) is 13.3. The van der Waals surface area contributed by atoms with Crippen molar-refractivity contribution in [1.29, 1.82) is 0 Å². The second kappa shape index (κ2) is 8.02. The number of ether oxygens (including phenoxy) is 1. The lowest BCUT2D eigenvalue weighted by Crippen LogP contribution is -2.37. The number of aryl methyl sites for hydroxylation is 2. The second-order valence-electron chi connectivity index (χ2n) is 5.83. The van der Waals surface area contributed by atoms with Crippen molar-refractivity contribution in [3.63, 3.8) is 0 Å². The first kappa shape index (κ1) is 17.4. The van der Waals surface area contributed by atoms with E-state index in [0.29, 0.717) is 18.1 Å². The number of carbonyl (C=O) groups is 1. The fourth-order valence-electron chi connectivity index (χ4n) is 2.22. The normalized spacial score (nSPS) is 11.8. The smallest absolute Gasteiger partial charge is 0.224 e. The summed E-state index contributed by atoms with van der Waals surface area (Å²) < 4.78 is 5.74. The van der Waals surface area contributed by atoms with E-state index >= 15 is 0 Å². The Morgan fingerprint density at radius 3 is 2.65 bits per heavy atom. The van der Waals surface area contributed by atoms with Crippen molar-refractivity contribution in [3.05, 3.63) is 64.2 Å². The minimum absolute atomic E-state index is 0.0385. The number of hydrogen-bond acceptors (Lipinski definition) is 2. The third-order valence-electron chi connectivity index (χ3n) is 3.64. The zero-order chi connectivity index (χ0) is 16.8. The van der Waals surface area contributed by atoms with Crippen LogP contribution in [0.2, 0.25) is 5.02 Å². The third-order valence-corrected chi connectivity index (χ3v) is 3.87. The minimum Gasteiger partial charge on any atom is -0.491 e. The molecule has 1 atom stereocenters. The van der Waals surface area contributed by atoms with Crippen LogP contribution in [0.25, 0.3) is 0 Å². The molecule has 3 nitrogen and oxygen atoms in total. The summed E-state index contributed by atoms with van der Waals surface area (Å²) in [4.78, 5) is 12.0. The highest BCUT2D eigenvalue weighted by atomic mass is 35.5. The van der Waals surface area contributed by atoms with E-state index in [0.717, 1.165) is 11.3 Å². The van der Waals surface area contributed by atoms with Gasteiger partial charge in [-0.2, -0.15) is 0 Å². The summed E-state index contributed by atoms with van der Waals surface area (Å²) in [5, 5.41) is 3.58. The lowest BCUT2D eigenvalue weighted by molar-refractivity contribution is -0.121. The van der Waals surface area contributed by atoms with Gasteiger partial charge < -0.3 is 10.1 Å². The number of carbonyl (C=O) groups excluding carboxylic acids is 1. The molecule has 0 fully saturated rings. The second-order valence-corrected chi connectivity index (χ2v) is 6.27. The molecular formula is C19H22ClNO2. The average Bonchev–Trinajstić information content (AvgIpc) is 2.48. The van der Waals surface area contributed by atoms with Gasteiger partial charge >= 0.3 is 0 Å². The monoisotopic (exact) mass is 331 g/mol. The van der Waals surface area contributed by atoms with Gasteiger partial charge in [-0.3, -0.25) is 4.79 Å². The highest BCUT2D eigenvalue weighted by molar-refractivity contribution is 6.30. The van der Waals surface area contributed by atoms with Gasteiger partial charge in [0, 0.05) is 5.02 Å². The van der Waals surface area contributed by atoms with E-state index in [-0.39, 0.29) is 11.9 Å². The van der Waals surface area contributed by atoms with Crippen LogP contribution in [-0.4, -0.2) is 18.6 Å². The average molecular weight is 332 g/mol. The summed E-state index contributed by atoms with van der Waals surface area (Å²) in [7, 11) is 0. The molecule has 0 aliphatic heterocycles. The Hall–Kier alpha value is -2.00.